The van der Waals surface area contributed by atoms with Crippen LogP contribution in [0.1, 0.15) is 55.2 Å². The average molecular weight is 428 g/mol. The number of hydrogen-bond acceptors (Lipinski definition) is 5. The van der Waals surface area contributed by atoms with E-state index in [0.717, 1.165) is 49.6 Å². The number of hydrogen-bond donors (Lipinski definition) is 0. The minimum absolute atomic E-state index is 0.216. The molecule has 1 atom stereocenters. The van der Waals surface area contributed by atoms with Crippen LogP contribution in [0.2, 0.25) is 0 Å². The summed E-state index contributed by atoms with van der Waals surface area (Å²) in [6.07, 6.45) is 5.50. The van der Waals surface area contributed by atoms with Crippen molar-refractivity contribution in [3.05, 3.63) is 47.0 Å². The Bertz CT molecular complexity index is 918. The number of carbonyl (C=O) groups excluding carboxylic acids is 1. The fraction of sp³-hybridized carbons (Fsp3) is 0.609. The molecule has 2 fully saturated rings. The Morgan fingerprint density at radius 2 is 1.97 bits per heavy atom. The quantitative estimate of drug-likeness (QED) is 0.734. The molecule has 1 aromatic carbocycles. The van der Waals surface area contributed by atoms with E-state index < -0.39 is 0 Å². The van der Waals surface area contributed by atoms with Gasteiger partial charge in [0.25, 0.3) is 0 Å². The fourth-order valence-corrected chi connectivity index (χ4v) is 5.05. The van der Waals surface area contributed by atoms with Crippen LogP contribution in [-0.2, 0) is 29.2 Å². The summed E-state index contributed by atoms with van der Waals surface area (Å²) in [4.78, 5) is 16.9. The zero-order valence-electron chi connectivity index (χ0n) is 17.9. The highest BCUT2D eigenvalue weighted by Crippen LogP contribution is 2.29. The molecule has 1 saturated carbocycles. The molecule has 3 heterocycles. The third-order valence-corrected chi connectivity index (χ3v) is 6.93. The summed E-state index contributed by atoms with van der Waals surface area (Å²) in [6.45, 7) is 4.96. The first-order chi connectivity index (χ1) is 15.2. The Morgan fingerprint density at radius 3 is 2.74 bits per heavy atom. The zero-order chi connectivity index (χ0) is 21.2. The topological polar surface area (TPSA) is 63.5 Å². The van der Waals surface area contributed by atoms with Crippen LogP contribution in [0, 0.1) is 11.7 Å². The van der Waals surface area contributed by atoms with Crippen LogP contribution < -0.4 is 0 Å². The van der Waals surface area contributed by atoms with Gasteiger partial charge in [0, 0.05) is 39.1 Å². The number of nitrogens with zero attached hydrogens (tertiary/aromatic N) is 5. The predicted octanol–water partition coefficient (Wildman–Crippen LogP) is 2.91. The van der Waals surface area contributed by atoms with E-state index in [9.17, 15) is 9.18 Å². The fourth-order valence-electron chi connectivity index (χ4n) is 5.05. The van der Waals surface area contributed by atoms with E-state index in [1.54, 1.807) is 6.07 Å². The van der Waals surface area contributed by atoms with Gasteiger partial charge >= 0.3 is 0 Å². The van der Waals surface area contributed by atoms with Crippen LogP contribution in [0.4, 0.5) is 4.39 Å². The van der Waals surface area contributed by atoms with Crippen LogP contribution in [0.5, 0.6) is 0 Å². The number of halogens is 1. The van der Waals surface area contributed by atoms with Crippen LogP contribution in [0.25, 0.3) is 0 Å². The van der Waals surface area contributed by atoms with E-state index in [0.29, 0.717) is 31.5 Å². The van der Waals surface area contributed by atoms with Gasteiger partial charge in [0.1, 0.15) is 17.6 Å². The Kier molecular flexibility index (Phi) is 6.00. The molecule has 0 spiro atoms. The number of piperazine rings is 1. The summed E-state index contributed by atoms with van der Waals surface area (Å²) in [7, 11) is 0. The largest absolute Gasteiger partial charge is 0.365 e. The van der Waals surface area contributed by atoms with Gasteiger partial charge in [-0.2, -0.15) is 0 Å². The molecular formula is C23H30FN5O2. The molecule has 7 nitrogen and oxygen atoms in total. The lowest BCUT2D eigenvalue weighted by Gasteiger charge is -2.35. The number of carbonyl (C=O) groups is 1. The third-order valence-electron chi connectivity index (χ3n) is 6.93. The van der Waals surface area contributed by atoms with E-state index in [4.69, 9.17) is 4.74 Å². The van der Waals surface area contributed by atoms with Gasteiger partial charge in [-0.1, -0.05) is 30.2 Å². The normalized spacial score (nSPS) is 22.6. The van der Waals surface area contributed by atoms with Gasteiger partial charge in [-0.05, 0) is 36.5 Å². The lowest BCUT2D eigenvalue weighted by Crippen LogP contribution is -2.48. The highest BCUT2D eigenvalue weighted by Gasteiger charge is 2.28. The molecule has 5 rings (SSSR count). The second-order valence-electron chi connectivity index (χ2n) is 9.03. The summed E-state index contributed by atoms with van der Waals surface area (Å²) in [5.74, 6) is 0.668. The summed E-state index contributed by atoms with van der Waals surface area (Å²) < 4.78 is 21.4. The molecule has 2 aliphatic heterocycles. The lowest BCUT2D eigenvalue weighted by molar-refractivity contribution is -0.134. The predicted molar refractivity (Wildman–Crippen MR) is 112 cm³/mol. The van der Waals surface area contributed by atoms with Crippen molar-refractivity contribution in [1.82, 2.24) is 24.8 Å². The molecule has 8 heteroatoms. The minimum atomic E-state index is -0.257. The molecule has 0 N–H and O–H groups in total. The van der Waals surface area contributed by atoms with Crippen molar-refractivity contribution < 1.29 is 13.9 Å². The van der Waals surface area contributed by atoms with E-state index in [1.807, 2.05) is 15.6 Å². The third kappa shape index (κ3) is 4.65. The summed E-state index contributed by atoms with van der Waals surface area (Å²) in [6, 6.07) is 6.53. The maximum absolute atomic E-state index is 13.5. The molecule has 1 aromatic heterocycles. The van der Waals surface area contributed by atoms with Gasteiger partial charge in [-0.15, -0.1) is 5.10 Å². The number of amides is 1. The molecule has 1 aliphatic carbocycles. The molecule has 0 unspecified atom stereocenters. The highest BCUT2D eigenvalue weighted by atomic mass is 19.1. The van der Waals surface area contributed by atoms with Gasteiger partial charge in [0.05, 0.1) is 18.8 Å². The lowest BCUT2D eigenvalue weighted by atomic mass is 10.0. The molecule has 166 valence electrons. The van der Waals surface area contributed by atoms with Gasteiger partial charge in [0.2, 0.25) is 5.91 Å². The molecule has 3 aliphatic rings. The molecule has 1 saturated heterocycles. The molecule has 0 bridgehead atoms. The van der Waals surface area contributed by atoms with Crippen molar-refractivity contribution in [3.8, 4) is 0 Å². The molecule has 2 aromatic rings. The van der Waals surface area contributed by atoms with Crippen LogP contribution in [-0.4, -0.2) is 56.9 Å². The monoisotopic (exact) mass is 427 g/mol. The SMILES string of the molecule is O=C(CC1CCCC1)N1CCN(Cc2nnn3c2CO[C@@H](c2cccc(F)c2)C3)CC1. The van der Waals surface area contributed by atoms with E-state index in [1.165, 1.54) is 37.8 Å². The second kappa shape index (κ2) is 9.04. The van der Waals surface area contributed by atoms with Crippen LogP contribution >= 0.6 is 0 Å². The van der Waals surface area contributed by atoms with Crippen molar-refractivity contribution in [2.45, 2.75) is 57.9 Å². The average Bonchev–Trinajstić information content (AvgIpc) is 3.44. The van der Waals surface area contributed by atoms with E-state index >= 15 is 0 Å². The van der Waals surface area contributed by atoms with Gasteiger partial charge in [-0.3, -0.25) is 9.69 Å². The van der Waals surface area contributed by atoms with Crippen molar-refractivity contribution in [3.63, 3.8) is 0 Å². The van der Waals surface area contributed by atoms with Crippen molar-refractivity contribution in [2.24, 2.45) is 5.92 Å². The van der Waals surface area contributed by atoms with Crippen molar-refractivity contribution in [2.75, 3.05) is 26.2 Å². The Balaban J connectivity index is 1.14. The van der Waals surface area contributed by atoms with Crippen LogP contribution in [0.3, 0.4) is 0 Å². The van der Waals surface area contributed by atoms with Gasteiger partial charge in [0.15, 0.2) is 0 Å². The number of rotatable bonds is 5. The van der Waals surface area contributed by atoms with Crippen LogP contribution in [0.15, 0.2) is 24.3 Å². The van der Waals surface area contributed by atoms with Crippen molar-refractivity contribution >= 4 is 5.91 Å². The molecule has 1 amide bonds. The number of fused-ring (bicyclic) bond motifs is 1. The summed E-state index contributed by atoms with van der Waals surface area (Å²) in [5, 5.41) is 8.72. The zero-order valence-corrected chi connectivity index (χ0v) is 17.9. The number of aromatic nitrogens is 3. The van der Waals surface area contributed by atoms with Gasteiger partial charge in [-0.25, -0.2) is 9.07 Å². The van der Waals surface area contributed by atoms with E-state index in [-0.39, 0.29) is 11.9 Å². The first-order valence-electron chi connectivity index (χ1n) is 11.4. The first kappa shape index (κ1) is 20.6. The first-order valence-corrected chi connectivity index (χ1v) is 11.4. The van der Waals surface area contributed by atoms with E-state index in [2.05, 4.69) is 15.2 Å². The minimum Gasteiger partial charge on any atom is -0.365 e. The Morgan fingerprint density at radius 1 is 1.16 bits per heavy atom. The Labute approximate surface area is 182 Å². The molecule has 0 radical (unpaired) electrons. The number of ether oxygens (including phenoxy) is 1. The summed E-state index contributed by atoms with van der Waals surface area (Å²) >= 11 is 0. The summed E-state index contributed by atoms with van der Waals surface area (Å²) in [5.41, 5.74) is 2.75. The number of benzene rings is 1. The van der Waals surface area contributed by atoms with Crippen molar-refractivity contribution in [1.29, 1.82) is 0 Å². The molecular weight excluding hydrogens is 397 g/mol. The second-order valence-corrected chi connectivity index (χ2v) is 9.03. The maximum atomic E-state index is 13.5. The Hall–Kier alpha value is -2.32. The maximum Gasteiger partial charge on any atom is 0.222 e. The smallest absolute Gasteiger partial charge is 0.222 e. The molecule has 31 heavy (non-hydrogen) atoms. The standard InChI is InChI=1S/C23H30FN5O2/c24-19-7-3-6-18(13-19)22-15-29-21(16-31-22)20(25-26-29)14-27-8-10-28(11-9-27)23(30)12-17-4-1-2-5-17/h3,6-7,13,17,22H,1-2,4-5,8-12,14-16H2/t22-/m1/s1. The van der Waals surface area contributed by atoms with Gasteiger partial charge < -0.3 is 9.64 Å². The highest BCUT2D eigenvalue weighted by molar-refractivity contribution is 5.76.